The highest BCUT2D eigenvalue weighted by atomic mass is 19.1. The standard InChI is InChI=1S/C11H14FNO2/c1-2-15-11(14)7-10(13)8-4-3-5-9(12)6-8/h3-6,10H,2,7,13H2,1H3/p+1/t10-/m1/s1. The van der Waals surface area contributed by atoms with Crippen molar-refractivity contribution in [3.8, 4) is 0 Å². The largest absolute Gasteiger partial charge is 0.466 e. The SMILES string of the molecule is CCOC(=O)C[C@@H]([NH3+])c1cccc(F)c1. The van der Waals surface area contributed by atoms with Crippen molar-refractivity contribution in [1.82, 2.24) is 0 Å². The van der Waals surface area contributed by atoms with Crippen LogP contribution in [-0.2, 0) is 9.53 Å². The van der Waals surface area contributed by atoms with Gasteiger partial charge in [-0.2, -0.15) is 0 Å². The lowest BCUT2D eigenvalue weighted by Crippen LogP contribution is -2.54. The summed E-state index contributed by atoms with van der Waals surface area (Å²) in [5.74, 6) is -0.619. The number of esters is 1. The lowest BCUT2D eigenvalue weighted by molar-refractivity contribution is -0.425. The quantitative estimate of drug-likeness (QED) is 0.759. The molecule has 0 aromatic heterocycles. The molecule has 0 aliphatic heterocycles. The average molecular weight is 212 g/mol. The molecule has 4 heteroatoms. The van der Waals surface area contributed by atoms with Gasteiger partial charge in [0.05, 0.1) is 6.61 Å². The van der Waals surface area contributed by atoms with Crippen LogP contribution >= 0.6 is 0 Å². The van der Waals surface area contributed by atoms with Gasteiger partial charge in [0.1, 0.15) is 18.3 Å². The number of benzene rings is 1. The number of quaternary nitrogens is 1. The lowest BCUT2D eigenvalue weighted by atomic mass is 10.1. The van der Waals surface area contributed by atoms with Gasteiger partial charge in [0.25, 0.3) is 0 Å². The Bertz CT molecular complexity index is 341. The van der Waals surface area contributed by atoms with Crippen LogP contribution in [0.15, 0.2) is 24.3 Å². The summed E-state index contributed by atoms with van der Waals surface area (Å²) >= 11 is 0. The van der Waals surface area contributed by atoms with E-state index in [9.17, 15) is 9.18 Å². The van der Waals surface area contributed by atoms with Crippen LogP contribution in [0, 0.1) is 5.82 Å². The molecule has 0 radical (unpaired) electrons. The average Bonchev–Trinajstić information content (AvgIpc) is 2.18. The van der Waals surface area contributed by atoms with Crippen molar-refractivity contribution in [2.24, 2.45) is 0 Å². The Balaban J connectivity index is 2.60. The number of halogens is 1. The molecule has 0 aliphatic carbocycles. The van der Waals surface area contributed by atoms with E-state index in [0.717, 1.165) is 0 Å². The molecule has 0 unspecified atom stereocenters. The Morgan fingerprint density at radius 1 is 1.60 bits per heavy atom. The number of carbonyl (C=O) groups is 1. The van der Waals surface area contributed by atoms with Gasteiger partial charge >= 0.3 is 5.97 Å². The number of ether oxygens (including phenoxy) is 1. The van der Waals surface area contributed by atoms with Crippen molar-refractivity contribution in [1.29, 1.82) is 0 Å². The third kappa shape index (κ3) is 3.67. The Kier molecular flexibility index (Phi) is 4.24. The molecular weight excluding hydrogens is 197 g/mol. The summed E-state index contributed by atoms with van der Waals surface area (Å²) in [5.41, 5.74) is 4.52. The highest BCUT2D eigenvalue weighted by molar-refractivity contribution is 5.70. The zero-order valence-electron chi connectivity index (χ0n) is 8.70. The molecule has 0 heterocycles. The van der Waals surface area contributed by atoms with Crippen LogP contribution < -0.4 is 5.73 Å². The van der Waals surface area contributed by atoms with Crippen LogP contribution in [0.1, 0.15) is 24.9 Å². The fraction of sp³-hybridized carbons (Fsp3) is 0.364. The van der Waals surface area contributed by atoms with Gasteiger partial charge in [-0.1, -0.05) is 12.1 Å². The maximum Gasteiger partial charge on any atom is 0.312 e. The second-order valence-electron chi connectivity index (χ2n) is 3.26. The van der Waals surface area contributed by atoms with Crippen LogP contribution in [0.25, 0.3) is 0 Å². The summed E-state index contributed by atoms with van der Waals surface area (Å²) in [6.07, 6.45) is 0.178. The Morgan fingerprint density at radius 2 is 2.33 bits per heavy atom. The molecule has 0 aliphatic rings. The van der Waals surface area contributed by atoms with Gasteiger partial charge in [0, 0.05) is 5.56 Å². The van der Waals surface area contributed by atoms with E-state index in [0.29, 0.717) is 12.2 Å². The van der Waals surface area contributed by atoms with E-state index in [1.165, 1.54) is 12.1 Å². The van der Waals surface area contributed by atoms with Crippen molar-refractivity contribution in [3.05, 3.63) is 35.6 Å². The van der Waals surface area contributed by atoms with E-state index < -0.39 is 0 Å². The van der Waals surface area contributed by atoms with Crippen molar-refractivity contribution < 1.29 is 19.7 Å². The predicted octanol–water partition coefficient (Wildman–Crippen LogP) is 1.06. The minimum absolute atomic E-state index is 0.178. The zero-order valence-corrected chi connectivity index (χ0v) is 8.70. The third-order valence-corrected chi connectivity index (χ3v) is 2.04. The monoisotopic (exact) mass is 212 g/mol. The van der Waals surface area contributed by atoms with Gasteiger partial charge in [0.2, 0.25) is 0 Å². The minimum atomic E-state index is -0.315. The maximum absolute atomic E-state index is 12.9. The Labute approximate surface area is 88.0 Å². The zero-order chi connectivity index (χ0) is 11.3. The van der Waals surface area contributed by atoms with Crippen LogP contribution in [-0.4, -0.2) is 12.6 Å². The molecule has 0 saturated heterocycles. The van der Waals surface area contributed by atoms with Crippen LogP contribution in [0.3, 0.4) is 0 Å². The van der Waals surface area contributed by atoms with Gasteiger partial charge in [-0.25, -0.2) is 4.39 Å². The van der Waals surface area contributed by atoms with Crippen molar-refractivity contribution in [2.75, 3.05) is 6.61 Å². The number of hydrogen-bond donors (Lipinski definition) is 1. The molecule has 3 nitrogen and oxygen atoms in total. The van der Waals surface area contributed by atoms with Gasteiger partial charge in [-0.15, -0.1) is 0 Å². The second kappa shape index (κ2) is 5.46. The molecule has 0 amide bonds. The second-order valence-corrected chi connectivity index (χ2v) is 3.26. The summed E-state index contributed by atoms with van der Waals surface area (Å²) in [5, 5.41) is 0. The highest BCUT2D eigenvalue weighted by Gasteiger charge is 2.15. The number of hydrogen-bond acceptors (Lipinski definition) is 2. The normalized spacial score (nSPS) is 12.2. The van der Waals surface area contributed by atoms with Crippen LogP contribution in [0.4, 0.5) is 4.39 Å². The molecule has 0 fully saturated rings. The van der Waals surface area contributed by atoms with Crippen molar-refractivity contribution >= 4 is 5.97 Å². The van der Waals surface area contributed by atoms with E-state index >= 15 is 0 Å². The van der Waals surface area contributed by atoms with E-state index in [1.54, 1.807) is 19.1 Å². The molecule has 1 rings (SSSR count). The van der Waals surface area contributed by atoms with E-state index in [-0.39, 0.29) is 24.2 Å². The minimum Gasteiger partial charge on any atom is -0.466 e. The Morgan fingerprint density at radius 3 is 2.93 bits per heavy atom. The first-order valence-electron chi connectivity index (χ1n) is 4.87. The molecule has 1 atom stereocenters. The maximum atomic E-state index is 12.9. The fourth-order valence-electron chi connectivity index (χ4n) is 1.30. The smallest absolute Gasteiger partial charge is 0.312 e. The van der Waals surface area contributed by atoms with Gasteiger partial charge < -0.3 is 10.5 Å². The molecule has 0 spiro atoms. The number of carbonyl (C=O) groups excluding carboxylic acids is 1. The summed E-state index contributed by atoms with van der Waals surface area (Å²) in [7, 11) is 0. The van der Waals surface area contributed by atoms with Crippen LogP contribution in [0.5, 0.6) is 0 Å². The van der Waals surface area contributed by atoms with Crippen molar-refractivity contribution in [3.63, 3.8) is 0 Å². The van der Waals surface area contributed by atoms with E-state index in [1.807, 2.05) is 0 Å². The molecule has 15 heavy (non-hydrogen) atoms. The molecule has 0 bridgehead atoms. The predicted molar refractivity (Wildman–Crippen MR) is 53.3 cm³/mol. The van der Waals surface area contributed by atoms with Crippen molar-refractivity contribution in [2.45, 2.75) is 19.4 Å². The molecule has 0 saturated carbocycles. The molecular formula is C11H15FNO2+. The lowest BCUT2D eigenvalue weighted by Gasteiger charge is -2.08. The summed E-state index contributed by atoms with van der Waals surface area (Å²) in [6.45, 7) is 2.10. The molecule has 82 valence electrons. The van der Waals surface area contributed by atoms with E-state index in [4.69, 9.17) is 4.74 Å². The van der Waals surface area contributed by atoms with Gasteiger partial charge in [0.15, 0.2) is 0 Å². The Hall–Kier alpha value is -1.42. The third-order valence-electron chi connectivity index (χ3n) is 2.04. The topological polar surface area (TPSA) is 53.9 Å². The first-order chi connectivity index (χ1) is 7.13. The van der Waals surface area contributed by atoms with Gasteiger partial charge in [-0.05, 0) is 19.1 Å². The summed E-state index contributed by atoms with van der Waals surface area (Å²) in [6, 6.07) is 5.84. The molecule has 1 aromatic carbocycles. The van der Waals surface area contributed by atoms with Crippen LogP contribution in [0.2, 0.25) is 0 Å². The first kappa shape index (κ1) is 11.7. The molecule has 3 N–H and O–H groups in total. The first-order valence-corrected chi connectivity index (χ1v) is 4.87. The highest BCUT2D eigenvalue weighted by Crippen LogP contribution is 2.13. The fourth-order valence-corrected chi connectivity index (χ4v) is 1.30. The van der Waals surface area contributed by atoms with Gasteiger partial charge in [-0.3, -0.25) is 4.79 Å². The summed E-state index contributed by atoms with van der Waals surface area (Å²) < 4.78 is 17.7. The number of rotatable bonds is 4. The summed E-state index contributed by atoms with van der Waals surface area (Å²) in [4.78, 5) is 11.2. The molecule has 1 aromatic rings. The van der Waals surface area contributed by atoms with E-state index in [2.05, 4.69) is 5.73 Å².